The lowest BCUT2D eigenvalue weighted by molar-refractivity contribution is -0.384. The van der Waals surface area contributed by atoms with Gasteiger partial charge in [0.2, 0.25) is 0 Å². The van der Waals surface area contributed by atoms with E-state index in [1.54, 1.807) is 42.6 Å². The third-order valence-corrected chi connectivity index (χ3v) is 3.10. The summed E-state index contributed by atoms with van der Waals surface area (Å²) in [6, 6.07) is 14.2. The molecule has 0 saturated carbocycles. The van der Waals surface area contributed by atoms with Gasteiger partial charge in [0.15, 0.2) is 5.76 Å². The first-order valence-electron chi connectivity index (χ1n) is 6.70. The van der Waals surface area contributed by atoms with Gasteiger partial charge in [-0.25, -0.2) is 4.98 Å². The van der Waals surface area contributed by atoms with Crippen molar-refractivity contribution in [2.24, 2.45) is 0 Å². The number of anilines is 1. The Hall–Kier alpha value is -3.48. The van der Waals surface area contributed by atoms with Crippen molar-refractivity contribution >= 4 is 17.4 Å². The second-order valence-electron chi connectivity index (χ2n) is 4.64. The number of carbonyl (C=O) groups excluding carboxylic acids is 1. The monoisotopic (exact) mass is 309 g/mol. The van der Waals surface area contributed by atoms with Crippen LogP contribution in [0.2, 0.25) is 0 Å². The van der Waals surface area contributed by atoms with E-state index in [0.29, 0.717) is 17.1 Å². The molecule has 1 amide bonds. The second-order valence-corrected chi connectivity index (χ2v) is 4.64. The fourth-order valence-corrected chi connectivity index (χ4v) is 1.98. The van der Waals surface area contributed by atoms with Crippen molar-refractivity contribution in [2.45, 2.75) is 0 Å². The smallest absolute Gasteiger partial charge is 0.292 e. The molecule has 7 nitrogen and oxygen atoms in total. The number of hydrogen-bond acceptors (Lipinski definition) is 5. The van der Waals surface area contributed by atoms with Crippen LogP contribution < -0.4 is 5.32 Å². The minimum atomic E-state index is -0.475. The summed E-state index contributed by atoms with van der Waals surface area (Å²) < 4.78 is 5.49. The van der Waals surface area contributed by atoms with E-state index < -0.39 is 10.8 Å². The molecular weight excluding hydrogens is 298 g/mol. The number of amides is 1. The van der Waals surface area contributed by atoms with Crippen molar-refractivity contribution in [1.82, 2.24) is 4.98 Å². The summed E-state index contributed by atoms with van der Waals surface area (Å²) in [6.45, 7) is 0. The summed E-state index contributed by atoms with van der Waals surface area (Å²) in [5.41, 5.74) is 0.640. The quantitative estimate of drug-likeness (QED) is 0.587. The number of carbonyl (C=O) groups is 1. The van der Waals surface area contributed by atoms with Crippen molar-refractivity contribution in [2.75, 3.05) is 5.32 Å². The van der Waals surface area contributed by atoms with Gasteiger partial charge in [-0.15, -0.1) is 0 Å². The van der Waals surface area contributed by atoms with Crippen LogP contribution in [0.25, 0.3) is 11.3 Å². The van der Waals surface area contributed by atoms with Gasteiger partial charge < -0.3 is 9.73 Å². The lowest BCUT2D eigenvalue weighted by atomic mass is 10.1. The average molecular weight is 309 g/mol. The van der Waals surface area contributed by atoms with Gasteiger partial charge in [0, 0.05) is 23.9 Å². The van der Waals surface area contributed by atoms with Crippen molar-refractivity contribution in [3.63, 3.8) is 0 Å². The first kappa shape index (κ1) is 14.5. The number of hydrogen-bond donors (Lipinski definition) is 1. The molecule has 0 saturated heterocycles. The molecule has 1 aromatic carbocycles. The Kier molecular flexibility index (Phi) is 3.84. The number of benzene rings is 1. The molecule has 23 heavy (non-hydrogen) atoms. The molecule has 2 aromatic heterocycles. The van der Waals surface area contributed by atoms with Crippen LogP contribution in [0.5, 0.6) is 0 Å². The molecular formula is C16H11N3O4. The molecule has 0 unspecified atom stereocenters. The van der Waals surface area contributed by atoms with Gasteiger partial charge in [-0.1, -0.05) is 6.07 Å². The van der Waals surface area contributed by atoms with Gasteiger partial charge in [0.25, 0.3) is 11.6 Å². The van der Waals surface area contributed by atoms with Gasteiger partial charge in [0.1, 0.15) is 11.6 Å². The number of aromatic nitrogens is 1. The zero-order valence-electron chi connectivity index (χ0n) is 11.8. The van der Waals surface area contributed by atoms with E-state index in [1.807, 2.05) is 0 Å². The van der Waals surface area contributed by atoms with Crippen LogP contribution in [0.1, 0.15) is 10.6 Å². The van der Waals surface area contributed by atoms with Crippen molar-refractivity contribution in [1.29, 1.82) is 0 Å². The number of rotatable bonds is 4. The lowest BCUT2D eigenvalue weighted by Gasteiger charge is -2.01. The number of nitrogens with one attached hydrogen (secondary N) is 1. The maximum atomic E-state index is 12.1. The van der Waals surface area contributed by atoms with Crippen LogP contribution in [0.3, 0.4) is 0 Å². The highest BCUT2D eigenvalue weighted by Gasteiger charge is 2.13. The number of pyridine rings is 1. The Morgan fingerprint density at radius 2 is 1.87 bits per heavy atom. The number of nitro benzene ring substituents is 1. The van der Waals surface area contributed by atoms with Crippen molar-refractivity contribution < 1.29 is 14.1 Å². The highest BCUT2D eigenvalue weighted by Crippen LogP contribution is 2.24. The Bertz CT molecular complexity index is 841. The van der Waals surface area contributed by atoms with E-state index in [0.717, 1.165) is 0 Å². The minimum Gasteiger partial charge on any atom is -0.451 e. The normalized spacial score (nSPS) is 10.3. The predicted molar refractivity (Wildman–Crippen MR) is 83.0 cm³/mol. The van der Waals surface area contributed by atoms with Crippen molar-refractivity contribution in [3.8, 4) is 11.3 Å². The van der Waals surface area contributed by atoms with Crippen LogP contribution in [0.15, 0.2) is 65.2 Å². The number of furan rings is 1. The second kappa shape index (κ2) is 6.10. The van der Waals surface area contributed by atoms with Crippen LogP contribution >= 0.6 is 0 Å². The predicted octanol–water partition coefficient (Wildman–Crippen LogP) is 3.50. The highest BCUT2D eigenvalue weighted by atomic mass is 16.6. The zero-order valence-corrected chi connectivity index (χ0v) is 11.8. The third-order valence-electron chi connectivity index (χ3n) is 3.10. The summed E-state index contributed by atoms with van der Waals surface area (Å²) >= 11 is 0. The summed E-state index contributed by atoms with van der Waals surface area (Å²) in [5, 5.41) is 13.3. The number of nitro groups is 1. The van der Waals surface area contributed by atoms with Crippen LogP contribution in [-0.2, 0) is 0 Å². The zero-order chi connectivity index (χ0) is 16.2. The highest BCUT2D eigenvalue weighted by molar-refractivity contribution is 6.02. The molecule has 0 atom stereocenters. The fraction of sp³-hybridized carbons (Fsp3) is 0. The van der Waals surface area contributed by atoms with Crippen LogP contribution in [0.4, 0.5) is 11.5 Å². The van der Waals surface area contributed by atoms with Gasteiger partial charge in [-0.3, -0.25) is 14.9 Å². The summed E-state index contributed by atoms with van der Waals surface area (Å²) in [4.78, 5) is 26.2. The third kappa shape index (κ3) is 3.24. The molecule has 114 valence electrons. The lowest BCUT2D eigenvalue weighted by Crippen LogP contribution is -2.11. The number of nitrogens with zero attached hydrogens (tertiary/aromatic N) is 2. The van der Waals surface area contributed by atoms with E-state index >= 15 is 0 Å². The van der Waals surface area contributed by atoms with E-state index in [-0.39, 0.29) is 11.4 Å². The molecule has 0 fully saturated rings. The molecule has 3 rings (SSSR count). The van der Waals surface area contributed by atoms with E-state index in [4.69, 9.17) is 4.42 Å². The molecule has 0 aliphatic rings. The first-order chi connectivity index (χ1) is 11.1. The van der Waals surface area contributed by atoms with Gasteiger partial charge in [0.05, 0.1) is 4.92 Å². The maximum absolute atomic E-state index is 12.1. The Morgan fingerprint density at radius 1 is 1.09 bits per heavy atom. The molecule has 0 aliphatic carbocycles. The standard InChI is InChI=1S/C16H11N3O4/c20-16(18-15-3-1-2-10-17-15)14-9-8-13(23-14)11-4-6-12(7-5-11)19(21)22/h1-10H,(H,17,18,20). The van der Waals surface area contributed by atoms with Gasteiger partial charge >= 0.3 is 0 Å². The maximum Gasteiger partial charge on any atom is 0.292 e. The van der Waals surface area contributed by atoms with E-state index in [2.05, 4.69) is 10.3 Å². The molecule has 7 heteroatoms. The summed E-state index contributed by atoms with van der Waals surface area (Å²) in [6.07, 6.45) is 1.57. The van der Waals surface area contributed by atoms with Gasteiger partial charge in [-0.2, -0.15) is 0 Å². The fourth-order valence-electron chi connectivity index (χ4n) is 1.98. The first-order valence-corrected chi connectivity index (χ1v) is 6.70. The molecule has 1 N–H and O–H groups in total. The Morgan fingerprint density at radius 3 is 2.52 bits per heavy atom. The molecule has 0 aliphatic heterocycles. The van der Waals surface area contributed by atoms with Crippen LogP contribution in [0, 0.1) is 10.1 Å². The molecule has 3 aromatic rings. The van der Waals surface area contributed by atoms with E-state index in [9.17, 15) is 14.9 Å². The van der Waals surface area contributed by atoms with Crippen LogP contribution in [-0.4, -0.2) is 15.8 Å². The summed E-state index contributed by atoms with van der Waals surface area (Å²) in [5.74, 6) is 0.581. The average Bonchev–Trinajstić information content (AvgIpc) is 3.06. The van der Waals surface area contributed by atoms with Crippen molar-refractivity contribution in [3.05, 3.63) is 76.7 Å². The Balaban J connectivity index is 1.77. The van der Waals surface area contributed by atoms with E-state index in [1.165, 1.54) is 18.2 Å². The molecule has 0 radical (unpaired) electrons. The largest absolute Gasteiger partial charge is 0.451 e. The minimum absolute atomic E-state index is 0.00609. The topological polar surface area (TPSA) is 98.3 Å². The summed E-state index contributed by atoms with van der Waals surface area (Å²) in [7, 11) is 0. The Labute approximate surface area is 130 Å². The molecule has 2 heterocycles. The molecule has 0 spiro atoms. The van der Waals surface area contributed by atoms with Gasteiger partial charge in [-0.05, 0) is 36.4 Å². The number of non-ortho nitro benzene ring substituents is 1. The molecule has 0 bridgehead atoms. The SMILES string of the molecule is O=C(Nc1ccccn1)c1ccc(-c2ccc([N+](=O)[O-])cc2)o1.